The highest BCUT2D eigenvalue weighted by Gasteiger charge is 2.54. The summed E-state index contributed by atoms with van der Waals surface area (Å²) in [6, 6.07) is 0. The Morgan fingerprint density at radius 2 is 1.79 bits per heavy atom. The SMILES string of the molecule is CCCCC1C(C)C2CC(C)C(C)C12. The van der Waals surface area contributed by atoms with Gasteiger partial charge in [-0.25, -0.2) is 0 Å². The van der Waals surface area contributed by atoms with Crippen molar-refractivity contribution in [2.75, 3.05) is 0 Å². The molecule has 2 saturated carbocycles. The minimum atomic E-state index is 0.999. The van der Waals surface area contributed by atoms with E-state index in [0.29, 0.717) is 0 Å². The molecule has 2 fully saturated rings. The van der Waals surface area contributed by atoms with Gasteiger partial charge in [-0.1, -0.05) is 40.5 Å². The largest absolute Gasteiger partial charge is 0.0654 e. The Hall–Kier alpha value is 0. The Labute approximate surface area is 89.5 Å². The van der Waals surface area contributed by atoms with Crippen molar-refractivity contribution in [3.05, 3.63) is 0 Å². The number of fused-ring (bicyclic) bond motifs is 1. The maximum Gasteiger partial charge on any atom is -0.0324 e. The topological polar surface area (TPSA) is 0 Å². The molecule has 0 aromatic rings. The van der Waals surface area contributed by atoms with Crippen LogP contribution in [0, 0.1) is 35.5 Å². The van der Waals surface area contributed by atoms with Crippen molar-refractivity contribution in [2.45, 2.75) is 53.4 Å². The van der Waals surface area contributed by atoms with Crippen LogP contribution in [0.2, 0.25) is 0 Å². The van der Waals surface area contributed by atoms with Gasteiger partial charge in [0.15, 0.2) is 0 Å². The van der Waals surface area contributed by atoms with Crippen LogP contribution in [0.5, 0.6) is 0 Å². The zero-order chi connectivity index (χ0) is 10.3. The van der Waals surface area contributed by atoms with Gasteiger partial charge in [-0.2, -0.15) is 0 Å². The summed E-state index contributed by atoms with van der Waals surface area (Å²) >= 11 is 0. The molecule has 0 heteroatoms. The summed E-state index contributed by atoms with van der Waals surface area (Å²) in [7, 11) is 0. The van der Waals surface area contributed by atoms with Crippen molar-refractivity contribution in [3.8, 4) is 0 Å². The number of rotatable bonds is 3. The zero-order valence-electron chi connectivity index (χ0n) is 10.3. The van der Waals surface area contributed by atoms with Crippen molar-refractivity contribution < 1.29 is 0 Å². The molecule has 6 atom stereocenters. The Kier molecular flexibility index (Phi) is 2.91. The lowest BCUT2D eigenvalue weighted by Gasteiger charge is -2.49. The van der Waals surface area contributed by atoms with Crippen LogP contribution >= 0.6 is 0 Å². The molecule has 0 amide bonds. The van der Waals surface area contributed by atoms with Crippen LogP contribution in [0.15, 0.2) is 0 Å². The molecule has 2 rings (SSSR count). The van der Waals surface area contributed by atoms with E-state index in [1.807, 2.05) is 0 Å². The summed E-state index contributed by atoms with van der Waals surface area (Å²) in [6.45, 7) is 9.79. The molecular weight excluding hydrogens is 168 g/mol. The van der Waals surface area contributed by atoms with Crippen LogP contribution < -0.4 is 0 Å². The van der Waals surface area contributed by atoms with E-state index in [-0.39, 0.29) is 0 Å². The van der Waals surface area contributed by atoms with Crippen LogP contribution in [-0.2, 0) is 0 Å². The highest BCUT2D eigenvalue weighted by atomic mass is 14.6. The van der Waals surface area contributed by atoms with Gasteiger partial charge in [-0.15, -0.1) is 0 Å². The van der Waals surface area contributed by atoms with Crippen molar-refractivity contribution in [2.24, 2.45) is 35.5 Å². The van der Waals surface area contributed by atoms with Gasteiger partial charge in [0.05, 0.1) is 0 Å². The Bertz CT molecular complexity index is 196. The average molecular weight is 194 g/mol. The van der Waals surface area contributed by atoms with E-state index in [4.69, 9.17) is 0 Å². The molecule has 0 aromatic heterocycles. The molecule has 14 heavy (non-hydrogen) atoms. The van der Waals surface area contributed by atoms with Gasteiger partial charge in [0.1, 0.15) is 0 Å². The van der Waals surface area contributed by atoms with E-state index < -0.39 is 0 Å². The van der Waals surface area contributed by atoms with Gasteiger partial charge in [-0.05, 0) is 48.3 Å². The van der Waals surface area contributed by atoms with Gasteiger partial charge in [0.25, 0.3) is 0 Å². The second-order valence-electron chi connectivity index (χ2n) is 5.98. The third kappa shape index (κ3) is 1.42. The summed E-state index contributed by atoms with van der Waals surface area (Å²) < 4.78 is 0. The summed E-state index contributed by atoms with van der Waals surface area (Å²) in [5.41, 5.74) is 0. The summed E-state index contributed by atoms with van der Waals surface area (Å²) in [5, 5.41) is 0. The molecule has 0 aromatic carbocycles. The standard InChI is InChI=1S/C14H26/c1-5-6-7-12-11(4)13-8-9(2)10(3)14(12)13/h9-14H,5-8H2,1-4H3. The molecule has 0 N–H and O–H groups in total. The second kappa shape index (κ2) is 3.87. The van der Waals surface area contributed by atoms with Gasteiger partial charge in [-0.3, -0.25) is 0 Å². The first-order chi connectivity index (χ1) is 6.66. The maximum absolute atomic E-state index is 2.51. The Morgan fingerprint density at radius 1 is 1.07 bits per heavy atom. The molecule has 0 radical (unpaired) electrons. The van der Waals surface area contributed by atoms with Crippen molar-refractivity contribution in [1.29, 1.82) is 0 Å². The molecular formula is C14H26. The minimum Gasteiger partial charge on any atom is -0.0654 e. The van der Waals surface area contributed by atoms with Crippen LogP contribution in [0.4, 0.5) is 0 Å². The van der Waals surface area contributed by atoms with Gasteiger partial charge < -0.3 is 0 Å². The molecule has 0 nitrogen and oxygen atoms in total. The van der Waals surface area contributed by atoms with Crippen LogP contribution in [0.1, 0.15) is 53.4 Å². The number of unbranched alkanes of at least 4 members (excludes halogenated alkanes) is 1. The van der Waals surface area contributed by atoms with Crippen molar-refractivity contribution in [3.63, 3.8) is 0 Å². The fourth-order valence-electron chi connectivity index (χ4n) is 4.26. The molecule has 0 spiro atoms. The predicted octanol–water partition coefficient (Wildman–Crippen LogP) is 4.35. The maximum atomic E-state index is 2.51. The smallest absolute Gasteiger partial charge is 0.0324 e. The third-order valence-corrected chi connectivity index (χ3v) is 5.38. The second-order valence-corrected chi connectivity index (χ2v) is 5.98. The lowest BCUT2D eigenvalue weighted by molar-refractivity contribution is -0.0133. The van der Waals surface area contributed by atoms with E-state index in [0.717, 1.165) is 35.5 Å². The molecule has 0 heterocycles. The quantitative estimate of drug-likeness (QED) is 0.626. The molecule has 2 aliphatic rings. The summed E-state index contributed by atoms with van der Waals surface area (Å²) in [5.74, 6) is 6.34. The summed E-state index contributed by atoms with van der Waals surface area (Å²) in [6.07, 6.45) is 5.87. The van der Waals surface area contributed by atoms with E-state index in [1.165, 1.54) is 25.7 Å². The van der Waals surface area contributed by atoms with E-state index in [1.54, 1.807) is 0 Å². The first-order valence-corrected chi connectivity index (χ1v) is 6.66. The molecule has 0 bridgehead atoms. The molecule has 6 unspecified atom stereocenters. The van der Waals surface area contributed by atoms with Crippen molar-refractivity contribution in [1.82, 2.24) is 0 Å². The predicted molar refractivity (Wildman–Crippen MR) is 62.1 cm³/mol. The normalized spacial score (nSPS) is 51.4. The Morgan fingerprint density at radius 3 is 2.43 bits per heavy atom. The monoisotopic (exact) mass is 194 g/mol. The fraction of sp³-hybridized carbons (Fsp3) is 1.00. The lowest BCUT2D eigenvalue weighted by Crippen LogP contribution is -2.44. The van der Waals surface area contributed by atoms with Gasteiger partial charge >= 0.3 is 0 Å². The molecule has 0 saturated heterocycles. The van der Waals surface area contributed by atoms with Crippen molar-refractivity contribution >= 4 is 0 Å². The average Bonchev–Trinajstić information content (AvgIpc) is 2.43. The van der Waals surface area contributed by atoms with E-state index in [2.05, 4.69) is 27.7 Å². The zero-order valence-corrected chi connectivity index (χ0v) is 10.3. The van der Waals surface area contributed by atoms with E-state index >= 15 is 0 Å². The highest BCUT2D eigenvalue weighted by molar-refractivity contribution is 5.02. The van der Waals surface area contributed by atoms with Gasteiger partial charge in [0.2, 0.25) is 0 Å². The molecule has 82 valence electrons. The van der Waals surface area contributed by atoms with Crippen LogP contribution in [0.25, 0.3) is 0 Å². The minimum absolute atomic E-state index is 0.999. The lowest BCUT2D eigenvalue weighted by atomic mass is 9.56. The third-order valence-electron chi connectivity index (χ3n) is 5.38. The van der Waals surface area contributed by atoms with Crippen LogP contribution in [-0.4, -0.2) is 0 Å². The van der Waals surface area contributed by atoms with Crippen LogP contribution in [0.3, 0.4) is 0 Å². The Balaban J connectivity index is 1.95. The number of hydrogen-bond donors (Lipinski definition) is 0. The highest BCUT2D eigenvalue weighted by Crippen LogP contribution is 2.60. The summed E-state index contributed by atoms with van der Waals surface area (Å²) in [4.78, 5) is 0. The van der Waals surface area contributed by atoms with Gasteiger partial charge in [0, 0.05) is 0 Å². The fourth-order valence-corrected chi connectivity index (χ4v) is 4.26. The first kappa shape index (κ1) is 10.5. The molecule has 0 aliphatic heterocycles. The molecule has 2 aliphatic carbocycles. The first-order valence-electron chi connectivity index (χ1n) is 6.66. The van der Waals surface area contributed by atoms with E-state index in [9.17, 15) is 0 Å². The number of hydrogen-bond acceptors (Lipinski definition) is 0.